The topological polar surface area (TPSA) is 73.6 Å². The Morgan fingerprint density at radius 3 is 2.72 bits per heavy atom. The predicted octanol–water partition coefficient (Wildman–Crippen LogP) is 7.21. The van der Waals surface area contributed by atoms with Gasteiger partial charge < -0.3 is 15.3 Å². The van der Waals surface area contributed by atoms with Gasteiger partial charge in [-0.1, -0.05) is 63.6 Å². The van der Waals surface area contributed by atoms with Gasteiger partial charge in [-0.25, -0.2) is 4.98 Å². The molecule has 0 unspecified atom stereocenters. The second-order valence-electron chi connectivity index (χ2n) is 13.2. The van der Waals surface area contributed by atoms with Gasteiger partial charge in [0.05, 0.1) is 23.7 Å². The molecule has 1 heterocycles. The number of aliphatic hydroxyl groups is 3. The van der Waals surface area contributed by atoms with Crippen LogP contribution in [0.1, 0.15) is 101 Å². The van der Waals surface area contributed by atoms with Gasteiger partial charge in [-0.3, -0.25) is 0 Å². The first-order chi connectivity index (χ1) is 18.7. The summed E-state index contributed by atoms with van der Waals surface area (Å²) in [6.45, 7) is 11.2. The average molecular weight is 552 g/mol. The van der Waals surface area contributed by atoms with Crippen LogP contribution in [0.5, 0.6) is 0 Å². The quantitative estimate of drug-likeness (QED) is 0.284. The first kappa shape index (κ1) is 29.0. The lowest BCUT2D eigenvalue weighted by molar-refractivity contribution is 0.0862. The predicted molar refractivity (Wildman–Crippen MR) is 161 cm³/mol. The van der Waals surface area contributed by atoms with Crippen LogP contribution in [0.4, 0.5) is 0 Å². The van der Waals surface area contributed by atoms with E-state index in [9.17, 15) is 15.3 Å². The van der Waals surface area contributed by atoms with Crippen LogP contribution in [0, 0.1) is 23.2 Å². The van der Waals surface area contributed by atoms with Crippen LogP contribution in [0.25, 0.3) is 0 Å². The van der Waals surface area contributed by atoms with Crippen molar-refractivity contribution in [3.63, 3.8) is 0 Å². The van der Waals surface area contributed by atoms with E-state index in [2.05, 4.69) is 51.7 Å². The molecule has 39 heavy (non-hydrogen) atoms. The molecule has 0 saturated heterocycles. The highest BCUT2D eigenvalue weighted by molar-refractivity contribution is 7.11. The zero-order chi connectivity index (χ0) is 27.8. The molecule has 4 fully saturated rings. The van der Waals surface area contributed by atoms with E-state index in [0.717, 1.165) is 41.8 Å². The van der Waals surface area contributed by atoms with Gasteiger partial charge in [-0.05, 0) is 98.5 Å². The molecule has 5 heteroatoms. The Labute approximate surface area is 239 Å². The van der Waals surface area contributed by atoms with Crippen molar-refractivity contribution >= 4 is 11.3 Å². The molecule has 0 spiro atoms. The monoisotopic (exact) mass is 551 g/mol. The van der Waals surface area contributed by atoms with E-state index in [1.54, 1.807) is 0 Å². The maximum absolute atomic E-state index is 11.3. The minimum Gasteiger partial charge on any atom is -0.393 e. The third-order valence-electron chi connectivity index (χ3n) is 10.6. The summed E-state index contributed by atoms with van der Waals surface area (Å²) in [5.41, 5.74) is 3.39. The molecule has 3 N–H and O–H groups in total. The van der Waals surface area contributed by atoms with Gasteiger partial charge in [0, 0.05) is 17.5 Å². The molecule has 4 aliphatic rings. The van der Waals surface area contributed by atoms with Crippen LogP contribution in [0.3, 0.4) is 0 Å². The van der Waals surface area contributed by atoms with Gasteiger partial charge in [-0.15, -0.1) is 11.3 Å². The standard InChI is InChI=1S/C34H49NO3S/c1-5-6-9-27-21-35-32(39-27)34(17-18-34)31(38)15-10-22(2)28-13-14-29-24(8-7-16-33(28,29)4)11-12-25-19-26(36)20-30(37)23(25)3/h10-12,15,21-22,26,28-31,36-38H,3,5-9,13-14,16-20H2,1-2,4H3/t22-,26+,28+,29-,30-,31-,33+/m0/s1. The number of hydrogen-bond donors (Lipinski definition) is 3. The fourth-order valence-electron chi connectivity index (χ4n) is 7.98. The molecule has 0 amide bonds. The largest absolute Gasteiger partial charge is 0.393 e. The molecule has 7 atom stereocenters. The number of unbranched alkanes of at least 4 members (excludes halogenated alkanes) is 1. The zero-order valence-corrected chi connectivity index (χ0v) is 25.1. The smallest absolute Gasteiger partial charge is 0.102 e. The number of allylic oxidation sites excluding steroid dienone is 4. The van der Waals surface area contributed by atoms with Crippen molar-refractivity contribution in [3.05, 3.63) is 63.7 Å². The molecule has 0 aromatic carbocycles. The van der Waals surface area contributed by atoms with Gasteiger partial charge >= 0.3 is 0 Å². The third kappa shape index (κ3) is 5.80. The highest BCUT2D eigenvalue weighted by atomic mass is 32.1. The first-order valence-corrected chi connectivity index (χ1v) is 16.3. The Hall–Kier alpha value is -1.53. The molecule has 1 aromatic heterocycles. The summed E-state index contributed by atoms with van der Waals surface area (Å²) in [5.74, 6) is 1.60. The van der Waals surface area contributed by atoms with E-state index >= 15 is 0 Å². The molecular weight excluding hydrogens is 502 g/mol. The van der Waals surface area contributed by atoms with Crippen molar-refractivity contribution in [1.29, 1.82) is 0 Å². The van der Waals surface area contributed by atoms with E-state index in [0.29, 0.717) is 30.6 Å². The summed E-state index contributed by atoms with van der Waals surface area (Å²) in [5, 5.41) is 32.8. The van der Waals surface area contributed by atoms with Gasteiger partial charge in [0.15, 0.2) is 0 Å². The Kier molecular flexibility index (Phi) is 8.74. The molecular formula is C34H49NO3S. The van der Waals surface area contributed by atoms with Crippen molar-refractivity contribution < 1.29 is 15.3 Å². The molecule has 4 nitrogen and oxygen atoms in total. The third-order valence-corrected chi connectivity index (χ3v) is 11.9. The minimum atomic E-state index is -0.637. The highest BCUT2D eigenvalue weighted by Gasteiger charge is 2.53. The number of nitrogens with zero attached hydrogens (tertiary/aromatic N) is 1. The Morgan fingerprint density at radius 2 is 1.97 bits per heavy atom. The summed E-state index contributed by atoms with van der Waals surface area (Å²) in [7, 11) is 0. The minimum absolute atomic E-state index is 0.161. The van der Waals surface area contributed by atoms with Crippen LogP contribution >= 0.6 is 11.3 Å². The number of aliphatic hydroxyl groups excluding tert-OH is 3. The van der Waals surface area contributed by atoms with E-state index < -0.39 is 18.3 Å². The maximum atomic E-state index is 11.3. The average Bonchev–Trinajstić information content (AvgIpc) is 3.44. The number of fused-ring (bicyclic) bond motifs is 1. The molecule has 4 saturated carbocycles. The normalized spacial score (nSPS) is 36.0. The van der Waals surface area contributed by atoms with E-state index in [1.807, 2.05) is 17.5 Å². The van der Waals surface area contributed by atoms with Crippen LogP contribution in [-0.2, 0) is 11.8 Å². The summed E-state index contributed by atoms with van der Waals surface area (Å²) >= 11 is 1.81. The van der Waals surface area contributed by atoms with Crippen molar-refractivity contribution in [2.45, 2.75) is 122 Å². The van der Waals surface area contributed by atoms with Gasteiger partial charge in [0.1, 0.15) is 5.01 Å². The van der Waals surface area contributed by atoms with Crippen molar-refractivity contribution in [2.24, 2.45) is 23.2 Å². The van der Waals surface area contributed by atoms with Crippen molar-refractivity contribution in [1.82, 2.24) is 4.98 Å². The van der Waals surface area contributed by atoms with Crippen LogP contribution < -0.4 is 0 Å². The second-order valence-corrected chi connectivity index (χ2v) is 14.4. The lowest BCUT2D eigenvalue weighted by atomic mass is 9.61. The summed E-state index contributed by atoms with van der Waals surface area (Å²) in [6, 6.07) is 0. The van der Waals surface area contributed by atoms with Gasteiger partial charge in [0.25, 0.3) is 0 Å². The molecule has 1 aromatic rings. The first-order valence-electron chi connectivity index (χ1n) is 15.4. The Balaban J connectivity index is 1.26. The van der Waals surface area contributed by atoms with E-state index in [1.165, 1.54) is 49.0 Å². The number of aryl methyl sites for hydroxylation is 1. The number of rotatable bonds is 9. The van der Waals surface area contributed by atoms with Crippen molar-refractivity contribution in [2.75, 3.05) is 0 Å². The number of aromatic nitrogens is 1. The number of hydrogen-bond acceptors (Lipinski definition) is 5. The Bertz CT molecular complexity index is 1130. The van der Waals surface area contributed by atoms with Crippen LogP contribution in [0.15, 0.2) is 53.8 Å². The molecule has 0 aliphatic heterocycles. The lowest BCUT2D eigenvalue weighted by Crippen LogP contribution is -2.35. The van der Waals surface area contributed by atoms with E-state index in [4.69, 9.17) is 4.98 Å². The van der Waals surface area contributed by atoms with Crippen LogP contribution in [-0.4, -0.2) is 38.6 Å². The molecule has 4 aliphatic carbocycles. The van der Waals surface area contributed by atoms with Crippen molar-refractivity contribution in [3.8, 4) is 0 Å². The van der Waals surface area contributed by atoms with E-state index in [-0.39, 0.29) is 10.8 Å². The zero-order valence-electron chi connectivity index (χ0n) is 24.2. The molecule has 0 bridgehead atoms. The molecule has 0 radical (unpaired) electrons. The molecule has 5 rings (SSSR count). The number of thiazole rings is 1. The second kappa shape index (κ2) is 11.8. The SMILES string of the molecule is C=C1C(=CC=C2CCC[C@]3(C)[C@@H]([C@@H](C)C=C[C@H](O)C4(c5ncc(CCCC)s5)CC4)CC[C@@H]23)C[C@@H](O)C[C@@H]1O. The Morgan fingerprint density at radius 1 is 1.18 bits per heavy atom. The molecule has 214 valence electrons. The summed E-state index contributed by atoms with van der Waals surface area (Å²) < 4.78 is 0. The fourth-order valence-corrected chi connectivity index (χ4v) is 9.22. The van der Waals surface area contributed by atoms with Gasteiger partial charge in [0.2, 0.25) is 0 Å². The lowest BCUT2D eigenvalue weighted by Gasteiger charge is -2.44. The fraction of sp³-hybridized carbons (Fsp3) is 0.676. The maximum Gasteiger partial charge on any atom is 0.102 e. The highest BCUT2D eigenvalue weighted by Crippen LogP contribution is 2.60. The van der Waals surface area contributed by atoms with Gasteiger partial charge in [-0.2, -0.15) is 0 Å². The summed E-state index contributed by atoms with van der Waals surface area (Å²) in [4.78, 5) is 6.10. The van der Waals surface area contributed by atoms with Crippen LogP contribution in [0.2, 0.25) is 0 Å². The summed E-state index contributed by atoms with van der Waals surface area (Å²) in [6.07, 6.45) is 21.8.